The average Bonchev–Trinajstić information content (AvgIpc) is 2.80. The number of hydrogen-bond acceptors (Lipinski definition) is 5. The Morgan fingerprint density at radius 2 is 2.38 bits per heavy atom. The van der Waals surface area contributed by atoms with Crippen molar-refractivity contribution in [2.75, 3.05) is 0 Å². The first-order valence-electron chi connectivity index (χ1n) is 4.38. The maximum absolute atomic E-state index is 11.5. The van der Waals surface area contributed by atoms with Crippen LogP contribution in [0.4, 0.5) is 0 Å². The van der Waals surface area contributed by atoms with Crippen LogP contribution in [0.2, 0.25) is 5.02 Å². The largest absolute Gasteiger partial charge is 0.343 e. The Labute approximate surface area is 95.2 Å². The van der Waals surface area contributed by atoms with Gasteiger partial charge in [-0.25, -0.2) is 4.98 Å². The molecule has 0 unspecified atom stereocenters. The van der Waals surface area contributed by atoms with E-state index in [4.69, 9.17) is 11.6 Å². The standard InChI is InChI=1S/C8H7ClN6O/c9-5-1-2-6(10-3-5)8(16)11-4-7-12-14-15-13-7/h1-3H,4H2,(H,11,16)(H,12,13,14,15). The molecule has 2 rings (SSSR count). The number of pyridine rings is 1. The van der Waals surface area contributed by atoms with Gasteiger partial charge in [-0.05, 0) is 12.1 Å². The lowest BCUT2D eigenvalue weighted by Gasteiger charge is -2.01. The van der Waals surface area contributed by atoms with Crippen LogP contribution in [0.5, 0.6) is 0 Å². The number of H-pyrrole nitrogens is 1. The zero-order chi connectivity index (χ0) is 11.4. The molecule has 16 heavy (non-hydrogen) atoms. The van der Waals surface area contributed by atoms with Crippen LogP contribution >= 0.6 is 11.6 Å². The number of halogens is 1. The van der Waals surface area contributed by atoms with E-state index in [1.807, 2.05) is 0 Å². The zero-order valence-electron chi connectivity index (χ0n) is 8.01. The molecule has 2 N–H and O–H groups in total. The van der Waals surface area contributed by atoms with E-state index >= 15 is 0 Å². The van der Waals surface area contributed by atoms with Crippen molar-refractivity contribution < 1.29 is 4.79 Å². The number of carbonyl (C=O) groups excluding carboxylic acids is 1. The van der Waals surface area contributed by atoms with Gasteiger partial charge in [-0.15, -0.1) is 10.2 Å². The molecule has 2 heterocycles. The van der Waals surface area contributed by atoms with Gasteiger partial charge in [0, 0.05) is 6.20 Å². The highest BCUT2D eigenvalue weighted by Gasteiger charge is 2.07. The van der Waals surface area contributed by atoms with Crippen molar-refractivity contribution in [1.29, 1.82) is 0 Å². The van der Waals surface area contributed by atoms with Gasteiger partial charge >= 0.3 is 0 Å². The van der Waals surface area contributed by atoms with E-state index in [-0.39, 0.29) is 18.1 Å². The third-order valence-corrected chi connectivity index (χ3v) is 1.98. The molecular weight excluding hydrogens is 232 g/mol. The molecule has 0 fully saturated rings. The van der Waals surface area contributed by atoms with E-state index in [9.17, 15) is 4.79 Å². The average molecular weight is 239 g/mol. The normalized spacial score (nSPS) is 10.1. The summed E-state index contributed by atoms with van der Waals surface area (Å²) < 4.78 is 0. The molecule has 8 heteroatoms. The lowest BCUT2D eigenvalue weighted by Crippen LogP contribution is -2.24. The Hall–Kier alpha value is -2.02. The van der Waals surface area contributed by atoms with Gasteiger partial charge in [0.25, 0.3) is 5.91 Å². The third kappa shape index (κ3) is 2.51. The summed E-state index contributed by atoms with van der Waals surface area (Å²) in [5.74, 6) is 0.0868. The summed E-state index contributed by atoms with van der Waals surface area (Å²) in [6, 6.07) is 3.13. The highest BCUT2D eigenvalue weighted by atomic mass is 35.5. The van der Waals surface area contributed by atoms with Crippen LogP contribution in [0.25, 0.3) is 0 Å². The number of nitrogens with zero attached hydrogens (tertiary/aromatic N) is 4. The topological polar surface area (TPSA) is 96.5 Å². The van der Waals surface area contributed by atoms with Crippen molar-refractivity contribution in [1.82, 2.24) is 30.9 Å². The predicted octanol–water partition coefficient (Wildman–Crippen LogP) is 0.178. The fourth-order valence-electron chi connectivity index (χ4n) is 1.02. The van der Waals surface area contributed by atoms with Gasteiger partial charge in [0.15, 0.2) is 5.82 Å². The van der Waals surface area contributed by atoms with Crippen LogP contribution in [0.3, 0.4) is 0 Å². The number of aromatic amines is 1. The van der Waals surface area contributed by atoms with Crippen molar-refractivity contribution in [2.45, 2.75) is 6.54 Å². The molecular formula is C8H7ClN6O. The van der Waals surface area contributed by atoms with Gasteiger partial charge < -0.3 is 5.32 Å². The number of amides is 1. The van der Waals surface area contributed by atoms with Gasteiger partial charge in [-0.2, -0.15) is 5.21 Å². The maximum Gasteiger partial charge on any atom is 0.270 e. The summed E-state index contributed by atoms with van der Waals surface area (Å²) in [5.41, 5.74) is 0.285. The number of rotatable bonds is 3. The molecule has 0 aliphatic rings. The van der Waals surface area contributed by atoms with E-state index in [0.717, 1.165) is 0 Å². The Kier molecular flexibility index (Phi) is 3.06. The van der Waals surface area contributed by atoms with Crippen LogP contribution in [0.1, 0.15) is 16.3 Å². The van der Waals surface area contributed by atoms with Crippen molar-refractivity contribution in [2.24, 2.45) is 0 Å². The molecule has 2 aromatic rings. The number of aromatic nitrogens is 5. The summed E-state index contributed by atoms with van der Waals surface area (Å²) in [4.78, 5) is 15.4. The molecule has 0 aliphatic carbocycles. The first kappa shape index (κ1) is 10.5. The second-order valence-electron chi connectivity index (χ2n) is 2.87. The highest BCUT2D eigenvalue weighted by Crippen LogP contribution is 2.05. The van der Waals surface area contributed by atoms with Crippen LogP contribution in [-0.4, -0.2) is 31.5 Å². The predicted molar refractivity (Wildman–Crippen MR) is 54.6 cm³/mol. The summed E-state index contributed by atoms with van der Waals surface area (Å²) >= 11 is 5.65. The summed E-state index contributed by atoms with van der Waals surface area (Å²) in [6.45, 7) is 0.194. The van der Waals surface area contributed by atoms with Gasteiger partial charge in [0.1, 0.15) is 5.69 Å². The fraction of sp³-hybridized carbons (Fsp3) is 0.125. The lowest BCUT2D eigenvalue weighted by molar-refractivity contribution is 0.0945. The smallest absolute Gasteiger partial charge is 0.270 e. The minimum atomic E-state index is -0.318. The molecule has 0 spiro atoms. The summed E-state index contributed by atoms with van der Waals surface area (Å²) in [7, 11) is 0. The Bertz CT molecular complexity index is 468. The van der Waals surface area contributed by atoms with E-state index < -0.39 is 0 Å². The molecule has 82 valence electrons. The van der Waals surface area contributed by atoms with Crippen LogP contribution in [0, 0.1) is 0 Å². The minimum Gasteiger partial charge on any atom is -0.343 e. The number of tetrazole rings is 1. The van der Waals surface area contributed by atoms with E-state index in [1.165, 1.54) is 12.3 Å². The van der Waals surface area contributed by atoms with Gasteiger partial charge in [-0.3, -0.25) is 4.79 Å². The Morgan fingerprint density at radius 3 is 3.00 bits per heavy atom. The van der Waals surface area contributed by atoms with Crippen LogP contribution in [-0.2, 0) is 6.54 Å². The SMILES string of the molecule is O=C(NCc1nn[nH]n1)c1ccc(Cl)cn1. The molecule has 0 saturated heterocycles. The van der Waals surface area contributed by atoms with Crippen LogP contribution < -0.4 is 5.32 Å². The number of carbonyl (C=O) groups is 1. The van der Waals surface area contributed by atoms with Crippen LogP contribution in [0.15, 0.2) is 18.3 Å². The summed E-state index contributed by atoms with van der Waals surface area (Å²) in [5, 5.41) is 16.1. The van der Waals surface area contributed by atoms with E-state index in [0.29, 0.717) is 10.8 Å². The maximum atomic E-state index is 11.5. The molecule has 0 saturated carbocycles. The molecule has 2 aromatic heterocycles. The fourth-order valence-corrected chi connectivity index (χ4v) is 1.13. The molecule has 0 aliphatic heterocycles. The monoisotopic (exact) mass is 238 g/mol. The van der Waals surface area contributed by atoms with Gasteiger partial charge in [0.2, 0.25) is 0 Å². The number of hydrogen-bond donors (Lipinski definition) is 2. The molecule has 1 amide bonds. The van der Waals surface area contributed by atoms with Crippen molar-refractivity contribution in [3.8, 4) is 0 Å². The second kappa shape index (κ2) is 4.67. The first-order valence-corrected chi connectivity index (χ1v) is 4.75. The third-order valence-electron chi connectivity index (χ3n) is 1.76. The highest BCUT2D eigenvalue weighted by molar-refractivity contribution is 6.30. The Balaban J connectivity index is 1.95. The van der Waals surface area contributed by atoms with E-state index in [1.54, 1.807) is 6.07 Å². The lowest BCUT2D eigenvalue weighted by atomic mass is 10.3. The van der Waals surface area contributed by atoms with Gasteiger partial charge in [0.05, 0.1) is 11.6 Å². The van der Waals surface area contributed by atoms with Crippen molar-refractivity contribution >= 4 is 17.5 Å². The van der Waals surface area contributed by atoms with Crippen molar-refractivity contribution in [3.63, 3.8) is 0 Å². The van der Waals surface area contributed by atoms with E-state index in [2.05, 4.69) is 30.9 Å². The van der Waals surface area contributed by atoms with Crippen molar-refractivity contribution in [3.05, 3.63) is 34.9 Å². The summed E-state index contributed by atoms with van der Waals surface area (Å²) in [6.07, 6.45) is 1.41. The molecule has 0 aromatic carbocycles. The van der Waals surface area contributed by atoms with Gasteiger partial charge in [-0.1, -0.05) is 16.8 Å². The Morgan fingerprint density at radius 1 is 1.50 bits per heavy atom. The molecule has 0 bridgehead atoms. The zero-order valence-corrected chi connectivity index (χ0v) is 8.77. The molecule has 7 nitrogen and oxygen atoms in total. The molecule has 0 atom stereocenters. The second-order valence-corrected chi connectivity index (χ2v) is 3.31. The molecule has 0 radical (unpaired) electrons. The quantitative estimate of drug-likeness (QED) is 0.795. The minimum absolute atomic E-state index is 0.194. The first-order chi connectivity index (χ1) is 7.75. The number of nitrogens with one attached hydrogen (secondary N) is 2.